The van der Waals surface area contributed by atoms with E-state index in [1.54, 1.807) is 18.7 Å². The largest absolute Gasteiger partial charge is 0.490 e. The van der Waals surface area contributed by atoms with Crippen LogP contribution in [0, 0.1) is 6.92 Å². The number of aryl methyl sites for hydroxylation is 1. The van der Waals surface area contributed by atoms with Crippen molar-refractivity contribution in [2.45, 2.75) is 20.4 Å². The lowest BCUT2D eigenvalue weighted by Gasteiger charge is -2.11. The molecule has 0 fully saturated rings. The number of pyridine rings is 1. The van der Waals surface area contributed by atoms with Crippen LogP contribution in [-0.2, 0) is 6.54 Å². The van der Waals surface area contributed by atoms with E-state index in [0.29, 0.717) is 31.5 Å². The second-order valence-corrected chi connectivity index (χ2v) is 6.17. The number of hydrogen-bond donors (Lipinski definition) is 2. The monoisotopic (exact) mass is 507 g/mol. The van der Waals surface area contributed by atoms with E-state index in [0.717, 1.165) is 23.6 Å². The van der Waals surface area contributed by atoms with Crippen molar-refractivity contribution in [3.63, 3.8) is 0 Å². The van der Waals surface area contributed by atoms with Crippen molar-refractivity contribution in [3.8, 4) is 17.2 Å². The van der Waals surface area contributed by atoms with Gasteiger partial charge in [-0.1, -0.05) is 17.7 Å². The molecule has 0 unspecified atom stereocenters. The molecule has 2 aromatic heterocycles. The third-order valence-corrected chi connectivity index (χ3v) is 3.89. The lowest BCUT2D eigenvalue weighted by molar-refractivity contribution is 0.320. The molecule has 0 spiro atoms. The van der Waals surface area contributed by atoms with Gasteiger partial charge in [-0.15, -0.1) is 24.0 Å². The van der Waals surface area contributed by atoms with Crippen molar-refractivity contribution in [1.29, 1.82) is 0 Å². The van der Waals surface area contributed by atoms with Crippen LogP contribution in [-0.4, -0.2) is 35.6 Å². The average molecular weight is 507 g/mol. The summed E-state index contributed by atoms with van der Waals surface area (Å²) in [4.78, 5) is 13.1. The quantitative estimate of drug-likeness (QED) is 0.209. The summed E-state index contributed by atoms with van der Waals surface area (Å²) in [7, 11) is 0. The fourth-order valence-electron chi connectivity index (χ4n) is 2.48. The molecule has 0 saturated carbocycles. The van der Waals surface area contributed by atoms with Gasteiger partial charge in [-0.3, -0.25) is 4.98 Å². The topological polar surface area (TPSA) is 84.6 Å². The third kappa shape index (κ3) is 7.37. The highest BCUT2D eigenvalue weighted by Gasteiger charge is 2.06. The third-order valence-electron chi connectivity index (χ3n) is 3.89. The number of halogens is 1. The standard InChI is InChI=1S/C21H25N5O2.HI/c1-3-23-21(24-11-12-27-19-5-4-10-22-14-19)25-13-18-15-28-20(26-18)17-8-6-16(2)7-9-17;/h4-10,14-15H,3,11-13H2,1-2H3,(H2,23,24,25);1H. The Morgan fingerprint density at radius 3 is 2.72 bits per heavy atom. The molecule has 0 bridgehead atoms. The summed E-state index contributed by atoms with van der Waals surface area (Å²) in [6.07, 6.45) is 5.05. The Hall–Kier alpha value is -2.62. The first-order valence-corrected chi connectivity index (χ1v) is 9.31. The number of nitrogens with zero attached hydrogens (tertiary/aromatic N) is 3. The van der Waals surface area contributed by atoms with Crippen LogP contribution in [0.2, 0.25) is 0 Å². The van der Waals surface area contributed by atoms with Gasteiger partial charge in [0.05, 0.1) is 19.3 Å². The van der Waals surface area contributed by atoms with E-state index in [2.05, 4.69) is 32.5 Å². The van der Waals surface area contributed by atoms with Gasteiger partial charge < -0.3 is 19.8 Å². The van der Waals surface area contributed by atoms with Crippen molar-refractivity contribution in [3.05, 3.63) is 66.3 Å². The molecule has 7 nitrogen and oxygen atoms in total. The maximum atomic E-state index is 5.62. The first-order chi connectivity index (χ1) is 13.7. The molecule has 0 amide bonds. The van der Waals surface area contributed by atoms with Gasteiger partial charge in [0.15, 0.2) is 5.96 Å². The Kier molecular flexibility index (Phi) is 9.42. The number of benzene rings is 1. The summed E-state index contributed by atoms with van der Waals surface area (Å²) in [5.74, 6) is 2.06. The van der Waals surface area contributed by atoms with Crippen LogP contribution in [0.3, 0.4) is 0 Å². The van der Waals surface area contributed by atoms with E-state index in [-0.39, 0.29) is 24.0 Å². The summed E-state index contributed by atoms with van der Waals surface area (Å²) in [5, 5.41) is 6.45. The van der Waals surface area contributed by atoms with Crippen LogP contribution in [0.1, 0.15) is 18.2 Å². The average Bonchev–Trinajstić information content (AvgIpc) is 3.19. The minimum Gasteiger partial charge on any atom is -0.490 e. The number of aliphatic imine (C=N–C) groups is 1. The number of guanidine groups is 1. The number of rotatable bonds is 8. The van der Waals surface area contributed by atoms with Gasteiger partial charge in [-0.2, -0.15) is 0 Å². The van der Waals surface area contributed by atoms with E-state index < -0.39 is 0 Å². The molecule has 3 rings (SSSR count). The van der Waals surface area contributed by atoms with E-state index in [1.807, 2.05) is 43.3 Å². The van der Waals surface area contributed by atoms with Crippen molar-refractivity contribution < 1.29 is 9.15 Å². The van der Waals surface area contributed by atoms with Crippen molar-refractivity contribution >= 4 is 29.9 Å². The highest BCUT2D eigenvalue weighted by Crippen LogP contribution is 2.19. The normalized spacial score (nSPS) is 10.9. The molecule has 0 aliphatic rings. The summed E-state index contributed by atoms with van der Waals surface area (Å²) in [5.41, 5.74) is 2.94. The zero-order valence-electron chi connectivity index (χ0n) is 16.6. The van der Waals surface area contributed by atoms with E-state index >= 15 is 0 Å². The number of aromatic nitrogens is 2. The van der Waals surface area contributed by atoms with Crippen LogP contribution >= 0.6 is 24.0 Å². The van der Waals surface area contributed by atoms with Crippen molar-refractivity contribution in [2.75, 3.05) is 19.7 Å². The Labute approximate surface area is 188 Å². The van der Waals surface area contributed by atoms with Crippen LogP contribution in [0.5, 0.6) is 5.75 Å². The minimum atomic E-state index is 0. The summed E-state index contributed by atoms with van der Waals surface area (Å²) in [6, 6.07) is 11.8. The fourth-order valence-corrected chi connectivity index (χ4v) is 2.48. The maximum Gasteiger partial charge on any atom is 0.226 e. The first-order valence-electron chi connectivity index (χ1n) is 9.31. The van der Waals surface area contributed by atoms with Gasteiger partial charge in [0.25, 0.3) is 0 Å². The molecule has 0 saturated heterocycles. The number of oxazole rings is 1. The van der Waals surface area contributed by atoms with E-state index in [9.17, 15) is 0 Å². The summed E-state index contributed by atoms with van der Waals surface area (Å²) < 4.78 is 11.2. The molecule has 2 N–H and O–H groups in total. The minimum absolute atomic E-state index is 0. The molecule has 154 valence electrons. The van der Waals surface area contributed by atoms with Crippen molar-refractivity contribution in [2.24, 2.45) is 4.99 Å². The SMILES string of the molecule is CCNC(=NCc1coc(-c2ccc(C)cc2)n1)NCCOc1cccnc1.I. The zero-order valence-corrected chi connectivity index (χ0v) is 18.9. The molecule has 2 heterocycles. The Morgan fingerprint density at radius 2 is 2.00 bits per heavy atom. The predicted molar refractivity (Wildman–Crippen MR) is 125 cm³/mol. The summed E-state index contributed by atoms with van der Waals surface area (Å²) >= 11 is 0. The Balaban J connectivity index is 0.00000300. The predicted octanol–water partition coefficient (Wildman–Crippen LogP) is 3.80. The van der Waals surface area contributed by atoms with E-state index in [4.69, 9.17) is 9.15 Å². The van der Waals surface area contributed by atoms with Gasteiger partial charge in [0.1, 0.15) is 24.3 Å². The van der Waals surface area contributed by atoms with Crippen LogP contribution < -0.4 is 15.4 Å². The second-order valence-electron chi connectivity index (χ2n) is 6.17. The molecular formula is C21H26IN5O2. The summed E-state index contributed by atoms with van der Waals surface area (Å²) in [6.45, 7) is 6.40. The van der Waals surface area contributed by atoms with Gasteiger partial charge >= 0.3 is 0 Å². The molecule has 0 aliphatic heterocycles. The number of ether oxygens (including phenoxy) is 1. The Morgan fingerprint density at radius 1 is 1.17 bits per heavy atom. The second kappa shape index (κ2) is 12.1. The van der Waals surface area contributed by atoms with Gasteiger partial charge in [0.2, 0.25) is 5.89 Å². The molecule has 8 heteroatoms. The van der Waals surface area contributed by atoms with Crippen LogP contribution in [0.25, 0.3) is 11.5 Å². The maximum absolute atomic E-state index is 5.62. The lowest BCUT2D eigenvalue weighted by atomic mass is 10.1. The highest BCUT2D eigenvalue weighted by molar-refractivity contribution is 14.0. The Bertz CT molecular complexity index is 882. The molecular weight excluding hydrogens is 481 g/mol. The molecule has 0 atom stereocenters. The van der Waals surface area contributed by atoms with Gasteiger partial charge in [-0.05, 0) is 38.1 Å². The molecule has 0 radical (unpaired) electrons. The first kappa shape index (κ1) is 22.7. The van der Waals surface area contributed by atoms with Crippen LogP contribution in [0.15, 0.2) is 64.5 Å². The fraction of sp³-hybridized carbons (Fsp3) is 0.286. The zero-order chi connectivity index (χ0) is 19.6. The van der Waals surface area contributed by atoms with Gasteiger partial charge in [-0.25, -0.2) is 9.98 Å². The van der Waals surface area contributed by atoms with Gasteiger partial charge in [0, 0.05) is 18.3 Å². The molecule has 1 aromatic carbocycles. The van der Waals surface area contributed by atoms with Crippen molar-refractivity contribution in [1.82, 2.24) is 20.6 Å². The molecule has 0 aliphatic carbocycles. The number of hydrogen-bond acceptors (Lipinski definition) is 5. The van der Waals surface area contributed by atoms with E-state index in [1.165, 1.54) is 5.56 Å². The molecule has 29 heavy (non-hydrogen) atoms. The smallest absolute Gasteiger partial charge is 0.226 e. The highest BCUT2D eigenvalue weighted by atomic mass is 127. The number of nitrogens with one attached hydrogen (secondary N) is 2. The van der Waals surface area contributed by atoms with Crippen LogP contribution in [0.4, 0.5) is 0 Å². The molecule has 3 aromatic rings. The lowest BCUT2D eigenvalue weighted by Crippen LogP contribution is -2.39.